The van der Waals surface area contributed by atoms with Gasteiger partial charge < -0.3 is 10.1 Å². The molecule has 0 atom stereocenters. The van der Waals surface area contributed by atoms with Gasteiger partial charge in [0.25, 0.3) is 5.91 Å². The van der Waals surface area contributed by atoms with Gasteiger partial charge in [0.2, 0.25) is 0 Å². The van der Waals surface area contributed by atoms with Crippen LogP contribution in [0.25, 0.3) is 5.69 Å². The molecule has 2 aromatic carbocycles. The third kappa shape index (κ3) is 3.52. The van der Waals surface area contributed by atoms with Gasteiger partial charge in [-0.1, -0.05) is 6.07 Å². The predicted molar refractivity (Wildman–Crippen MR) is 84.7 cm³/mol. The van der Waals surface area contributed by atoms with Crippen LogP contribution >= 0.6 is 0 Å². The fourth-order valence-electron chi connectivity index (χ4n) is 2.07. The van der Waals surface area contributed by atoms with Crippen LogP contribution in [-0.4, -0.2) is 32.7 Å². The van der Waals surface area contributed by atoms with Crippen LogP contribution in [0.4, 0.5) is 5.69 Å². The molecule has 0 aliphatic rings. The first-order valence-corrected chi connectivity index (χ1v) is 7.14. The SMILES string of the molecule is CCOc1cccc(C(=O)Nc2ccc(-n3cnnn3)cc2)c1. The predicted octanol–water partition coefficient (Wildman–Crippen LogP) is 2.31. The first-order chi connectivity index (χ1) is 11.3. The monoisotopic (exact) mass is 309 g/mol. The summed E-state index contributed by atoms with van der Waals surface area (Å²) in [5, 5.41) is 13.8. The molecule has 1 aromatic heterocycles. The van der Waals surface area contributed by atoms with Crippen LogP contribution in [0, 0.1) is 0 Å². The Bertz CT molecular complexity index is 784. The number of aromatic nitrogens is 4. The molecule has 1 amide bonds. The summed E-state index contributed by atoms with van der Waals surface area (Å²) in [5.74, 6) is 0.482. The van der Waals surface area contributed by atoms with E-state index in [0.29, 0.717) is 23.6 Å². The molecule has 0 saturated heterocycles. The summed E-state index contributed by atoms with van der Waals surface area (Å²) < 4.78 is 6.94. The Labute approximate surface area is 132 Å². The van der Waals surface area contributed by atoms with Gasteiger partial charge in [-0.3, -0.25) is 4.79 Å². The number of nitrogens with one attached hydrogen (secondary N) is 1. The molecule has 0 bridgehead atoms. The van der Waals surface area contributed by atoms with E-state index in [2.05, 4.69) is 20.8 Å². The van der Waals surface area contributed by atoms with Crippen LogP contribution in [-0.2, 0) is 0 Å². The van der Waals surface area contributed by atoms with Crippen LogP contribution in [0.3, 0.4) is 0 Å². The normalized spacial score (nSPS) is 10.3. The highest BCUT2D eigenvalue weighted by molar-refractivity contribution is 6.04. The van der Waals surface area contributed by atoms with E-state index < -0.39 is 0 Å². The van der Waals surface area contributed by atoms with Gasteiger partial charge >= 0.3 is 0 Å². The second-order valence-electron chi connectivity index (χ2n) is 4.72. The molecular formula is C16H15N5O2. The molecule has 3 aromatic rings. The van der Waals surface area contributed by atoms with Crippen LogP contribution < -0.4 is 10.1 Å². The molecule has 0 aliphatic carbocycles. The lowest BCUT2D eigenvalue weighted by atomic mass is 10.2. The number of tetrazole rings is 1. The van der Waals surface area contributed by atoms with Crippen molar-refractivity contribution in [1.82, 2.24) is 20.2 Å². The lowest BCUT2D eigenvalue weighted by Crippen LogP contribution is -2.12. The van der Waals surface area contributed by atoms with Crippen LogP contribution in [0.5, 0.6) is 5.75 Å². The van der Waals surface area contributed by atoms with E-state index in [1.165, 1.54) is 11.0 Å². The van der Waals surface area contributed by atoms with Crippen LogP contribution in [0.15, 0.2) is 54.9 Å². The molecule has 0 spiro atoms. The van der Waals surface area contributed by atoms with E-state index in [0.717, 1.165) is 5.69 Å². The third-order valence-electron chi connectivity index (χ3n) is 3.15. The summed E-state index contributed by atoms with van der Waals surface area (Å²) in [5.41, 5.74) is 2.04. The molecular weight excluding hydrogens is 294 g/mol. The quantitative estimate of drug-likeness (QED) is 0.782. The Balaban J connectivity index is 1.71. The maximum Gasteiger partial charge on any atom is 0.255 e. The number of carbonyl (C=O) groups excluding carboxylic acids is 1. The summed E-state index contributed by atoms with van der Waals surface area (Å²) in [4.78, 5) is 12.3. The van der Waals surface area contributed by atoms with Gasteiger partial charge in [-0.25, -0.2) is 4.68 Å². The van der Waals surface area contributed by atoms with Crippen LogP contribution in [0.2, 0.25) is 0 Å². The average Bonchev–Trinajstić information content (AvgIpc) is 3.11. The van der Waals surface area contributed by atoms with E-state index in [4.69, 9.17) is 4.74 Å². The number of anilines is 1. The number of hydrogen-bond donors (Lipinski definition) is 1. The summed E-state index contributed by atoms with van der Waals surface area (Å²) >= 11 is 0. The molecule has 0 fully saturated rings. The highest BCUT2D eigenvalue weighted by Crippen LogP contribution is 2.16. The van der Waals surface area contributed by atoms with Crippen molar-refractivity contribution >= 4 is 11.6 Å². The third-order valence-corrected chi connectivity index (χ3v) is 3.15. The fraction of sp³-hybridized carbons (Fsp3) is 0.125. The van der Waals surface area contributed by atoms with Gasteiger partial charge in [-0.2, -0.15) is 0 Å². The molecule has 7 heteroatoms. The van der Waals surface area contributed by atoms with Crippen molar-refractivity contribution in [3.8, 4) is 11.4 Å². The lowest BCUT2D eigenvalue weighted by molar-refractivity contribution is 0.102. The molecule has 0 radical (unpaired) electrons. The van der Waals surface area contributed by atoms with Gasteiger partial charge in [0.1, 0.15) is 12.1 Å². The number of carbonyl (C=O) groups is 1. The van der Waals surface area contributed by atoms with Crippen LogP contribution in [0.1, 0.15) is 17.3 Å². The minimum Gasteiger partial charge on any atom is -0.494 e. The largest absolute Gasteiger partial charge is 0.494 e. The zero-order valence-corrected chi connectivity index (χ0v) is 12.5. The molecule has 7 nitrogen and oxygen atoms in total. The number of nitrogens with zero attached hydrogens (tertiary/aromatic N) is 4. The van der Waals surface area contributed by atoms with Crippen molar-refractivity contribution in [2.45, 2.75) is 6.92 Å². The van der Waals surface area contributed by atoms with Crippen molar-refractivity contribution in [1.29, 1.82) is 0 Å². The number of rotatable bonds is 5. The lowest BCUT2D eigenvalue weighted by Gasteiger charge is -2.08. The molecule has 0 saturated carbocycles. The molecule has 0 unspecified atom stereocenters. The van der Waals surface area contributed by atoms with Crippen molar-refractivity contribution in [3.63, 3.8) is 0 Å². The standard InChI is InChI=1S/C16H15N5O2/c1-2-23-15-5-3-4-12(10-15)16(22)18-13-6-8-14(9-7-13)21-11-17-19-20-21/h3-11H,2H2,1H3,(H,18,22). The van der Waals surface area contributed by atoms with Crippen molar-refractivity contribution < 1.29 is 9.53 Å². The first-order valence-electron chi connectivity index (χ1n) is 7.14. The second kappa shape index (κ2) is 6.69. The Morgan fingerprint density at radius 2 is 2.04 bits per heavy atom. The highest BCUT2D eigenvalue weighted by atomic mass is 16.5. The molecule has 0 aliphatic heterocycles. The summed E-state index contributed by atoms with van der Waals surface area (Å²) in [6.45, 7) is 2.46. The van der Waals surface area contributed by atoms with E-state index in [9.17, 15) is 4.79 Å². The maximum atomic E-state index is 12.3. The minimum atomic E-state index is -0.193. The Morgan fingerprint density at radius 1 is 1.22 bits per heavy atom. The Morgan fingerprint density at radius 3 is 2.74 bits per heavy atom. The molecule has 3 rings (SSSR count). The van der Waals surface area contributed by atoms with E-state index in [1.807, 2.05) is 25.1 Å². The molecule has 116 valence electrons. The highest BCUT2D eigenvalue weighted by Gasteiger charge is 2.07. The van der Waals surface area contributed by atoms with Crippen molar-refractivity contribution in [3.05, 3.63) is 60.4 Å². The number of benzene rings is 2. The number of amides is 1. The zero-order chi connectivity index (χ0) is 16.1. The number of hydrogen-bond acceptors (Lipinski definition) is 5. The van der Waals surface area contributed by atoms with E-state index in [1.54, 1.807) is 30.3 Å². The van der Waals surface area contributed by atoms with Gasteiger partial charge in [0, 0.05) is 11.3 Å². The molecule has 1 N–H and O–H groups in total. The van der Waals surface area contributed by atoms with Gasteiger partial charge in [0.05, 0.1) is 12.3 Å². The van der Waals surface area contributed by atoms with E-state index in [-0.39, 0.29) is 5.91 Å². The smallest absolute Gasteiger partial charge is 0.255 e. The second-order valence-corrected chi connectivity index (χ2v) is 4.72. The number of ether oxygens (including phenoxy) is 1. The minimum absolute atomic E-state index is 0.193. The molecule has 23 heavy (non-hydrogen) atoms. The zero-order valence-electron chi connectivity index (χ0n) is 12.5. The average molecular weight is 309 g/mol. The maximum absolute atomic E-state index is 12.3. The van der Waals surface area contributed by atoms with Gasteiger partial charge in [-0.05, 0) is 59.8 Å². The van der Waals surface area contributed by atoms with Crippen molar-refractivity contribution in [2.75, 3.05) is 11.9 Å². The Hall–Kier alpha value is -3.22. The first kappa shape index (κ1) is 14.7. The van der Waals surface area contributed by atoms with Gasteiger partial charge in [-0.15, -0.1) is 5.10 Å². The molecule has 1 heterocycles. The summed E-state index contributed by atoms with van der Waals surface area (Å²) in [7, 11) is 0. The van der Waals surface area contributed by atoms with Crippen molar-refractivity contribution in [2.24, 2.45) is 0 Å². The topological polar surface area (TPSA) is 81.9 Å². The summed E-state index contributed by atoms with van der Waals surface area (Å²) in [6, 6.07) is 14.3. The summed E-state index contributed by atoms with van der Waals surface area (Å²) in [6.07, 6.45) is 1.51. The van der Waals surface area contributed by atoms with Gasteiger partial charge in [0.15, 0.2) is 0 Å². The van der Waals surface area contributed by atoms with E-state index >= 15 is 0 Å². The Kier molecular flexibility index (Phi) is 4.28. The fourth-order valence-corrected chi connectivity index (χ4v) is 2.07.